The van der Waals surface area contributed by atoms with E-state index >= 15 is 0 Å². The molecular formula is C7H2BrClO3S. The highest BCUT2D eigenvalue weighted by molar-refractivity contribution is 9.10. The molecule has 0 saturated carbocycles. The topological polar surface area (TPSA) is 50.4 Å². The molecule has 2 rings (SSSR count). The smallest absolute Gasteiger partial charge is 0.396 e. The van der Waals surface area contributed by atoms with Crippen LogP contribution in [0.5, 0.6) is 5.75 Å². The van der Waals surface area contributed by atoms with E-state index < -0.39 is 4.94 Å². The number of benzene rings is 1. The standard InChI is InChI=1S/C7H2BrClO3S/c8-4-5(10)2(9)1-3-6(4)13-7(11)12-3/h1,10H. The number of hydrogen-bond donors (Lipinski definition) is 1. The lowest BCUT2D eigenvalue weighted by molar-refractivity contribution is 0.472. The number of phenolic OH excluding ortho intramolecular Hbond substituents is 1. The van der Waals surface area contributed by atoms with Crippen LogP contribution in [-0.4, -0.2) is 5.11 Å². The van der Waals surface area contributed by atoms with Crippen LogP contribution in [0.1, 0.15) is 0 Å². The van der Waals surface area contributed by atoms with E-state index in [0.29, 0.717) is 14.8 Å². The van der Waals surface area contributed by atoms with Crippen LogP contribution in [0.15, 0.2) is 19.8 Å². The van der Waals surface area contributed by atoms with Gasteiger partial charge < -0.3 is 9.52 Å². The molecule has 2 aromatic rings. The monoisotopic (exact) mass is 280 g/mol. The van der Waals surface area contributed by atoms with Crippen molar-refractivity contribution in [2.45, 2.75) is 0 Å². The number of aromatic hydroxyl groups is 1. The Hall–Kier alpha value is -0.520. The molecule has 1 aromatic carbocycles. The third kappa shape index (κ3) is 1.37. The molecule has 0 aliphatic rings. The summed E-state index contributed by atoms with van der Waals surface area (Å²) in [6, 6.07) is 1.41. The molecule has 0 aliphatic heterocycles. The Balaban J connectivity index is 3.00. The first kappa shape index (κ1) is 9.05. The van der Waals surface area contributed by atoms with Crippen molar-refractivity contribution >= 4 is 49.2 Å². The molecule has 0 aliphatic carbocycles. The predicted molar refractivity (Wildman–Crippen MR) is 54.7 cm³/mol. The van der Waals surface area contributed by atoms with Gasteiger partial charge in [-0.3, -0.25) is 0 Å². The van der Waals surface area contributed by atoms with Gasteiger partial charge in [-0.05, 0) is 15.9 Å². The number of rotatable bonds is 0. The van der Waals surface area contributed by atoms with Gasteiger partial charge in [0.05, 0.1) is 14.2 Å². The van der Waals surface area contributed by atoms with Crippen molar-refractivity contribution in [3.63, 3.8) is 0 Å². The van der Waals surface area contributed by atoms with E-state index in [2.05, 4.69) is 15.9 Å². The molecule has 0 unspecified atom stereocenters. The van der Waals surface area contributed by atoms with Crippen molar-refractivity contribution in [3.05, 3.63) is 25.3 Å². The van der Waals surface area contributed by atoms with Crippen LogP contribution in [0, 0.1) is 0 Å². The number of fused-ring (bicyclic) bond motifs is 1. The van der Waals surface area contributed by atoms with Crippen molar-refractivity contribution < 1.29 is 9.52 Å². The van der Waals surface area contributed by atoms with Crippen molar-refractivity contribution in [1.29, 1.82) is 0 Å². The van der Waals surface area contributed by atoms with Crippen molar-refractivity contribution in [3.8, 4) is 5.75 Å². The molecule has 0 spiro atoms. The second kappa shape index (κ2) is 3.01. The van der Waals surface area contributed by atoms with Gasteiger partial charge in [-0.1, -0.05) is 22.9 Å². The summed E-state index contributed by atoms with van der Waals surface area (Å²) >= 11 is 9.70. The molecule has 0 saturated heterocycles. The van der Waals surface area contributed by atoms with Crippen molar-refractivity contribution in [2.75, 3.05) is 0 Å². The Morgan fingerprint density at radius 2 is 2.31 bits per heavy atom. The fourth-order valence-electron chi connectivity index (χ4n) is 0.934. The average Bonchev–Trinajstić information content (AvgIpc) is 2.42. The largest absolute Gasteiger partial charge is 0.505 e. The molecule has 0 atom stereocenters. The van der Waals surface area contributed by atoms with Gasteiger partial charge in [-0.25, -0.2) is 4.79 Å². The summed E-state index contributed by atoms with van der Waals surface area (Å²) in [7, 11) is 0. The number of halogens is 2. The average molecular weight is 282 g/mol. The van der Waals surface area contributed by atoms with E-state index in [1.165, 1.54) is 6.07 Å². The normalized spacial score (nSPS) is 10.9. The van der Waals surface area contributed by atoms with E-state index in [0.717, 1.165) is 11.3 Å². The Morgan fingerprint density at radius 3 is 3.00 bits per heavy atom. The van der Waals surface area contributed by atoms with Crippen LogP contribution in [0.2, 0.25) is 5.02 Å². The minimum Gasteiger partial charge on any atom is -0.505 e. The fraction of sp³-hybridized carbons (Fsp3) is 0. The Kier molecular flexibility index (Phi) is 2.09. The first-order valence-corrected chi connectivity index (χ1v) is 5.19. The summed E-state index contributed by atoms with van der Waals surface area (Å²) in [5, 5.41) is 9.55. The highest BCUT2D eigenvalue weighted by atomic mass is 79.9. The maximum absolute atomic E-state index is 10.9. The maximum atomic E-state index is 10.9. The predicted octanol–water partition coefficient (Wildman–Crippen LogP) is 2.98. The molecule has 0 fully saturated rings. The molecule has 1 aromatic heterocycles. The highest BCUT2D eigenvalue weighted by Gasteiger charge is 2.13. The minimum absolute atomic E-state index is 0.0776. The molecular weight excluding hydrogens is 279 g/mol. The summed E-state index contributed by atoms with van der Waals surface area (Å²) < 4.78 is 5.78. The SMILES string of the molecule is O=c1oc2cc(Cl)c(O)c(Br)c2s1. The van der Waals surface area contributed by atoms with Gasteiger partial charge >= 0.3 is 4.94 Å². The summed E-state index contributed by atoms with van der Waals surface area (Å²) in [6.07, 6.45) is 0. The van der Waals surface area contributed by atoms with Crippen LogP contribution in [0.4, 0.5) is 0 Å². The lowest BCUT2D eigenvalue weighted by atomic mass is 10.3. The molecule has 0 amide bonds. The van der Waals surface area contributed by atoms with Gasteiger partial charge in [-0.15, -0.1) is 0 Å². The van der Waals surface area contributed by atoms with E-state index in [1.54, 1.807) is 0 Å². The minimum atomic E-state index is -0.419. The Morgan fingerprint density at radius 1 is 1.62 bits per heavy atom. The summed E-state index contributed by atoms with van der Waals surface area (Å²) in [4.78, 5) is 10.5. The van der Waals surface area contributed by atoms with Crippen LogP contribution in [0.3, 0.4) is 0 Å². The summed E-state index contributed by atoms with van der Waals surface area (Å²) in [6.45, 7) is 0. The highest BCUT2D eigenvalue weighted by Crippen LogP contribution is 2.39. The summed E-state index contributed by atoms with van der Waals surface area (Å²) in [5.41, 5.74) is 0.379. The van der Waals surface area contributed by atoms with Gasteiger partial charge in [-0.2, -0.15) is 0 Å². The van der Waals surface area contributed by atoms with Gasteiger partial charge in [0.1, 0.15) is 5.75 Å². The lowest BCUT2D eigenvalue weighted by Crippen LogP contribution is -1.79. The van der Waals surface area contributed by atoms with Crippen molar-refractivity contribution in [1.82, 2.24) is 0 Å². The molecule has 0 radical (unpaired) electrons. The first-order chi connectivity index (χ1) is 6.09. The molecule has 13 heavy (non-hydrogen) atoms. The van der Waals surface area contributed by atoms with Crippen LogP contribution >= 0.6 is 38.9 Å². The fourth-order valence-corrected chi connectivity index (χ4v) is 2.58. The summed E-state index contributed by atoms with van der Waals surface area (Å²) in [5.74, 6) is -0.0776. The third-order valence-electron chi connectivity index (χ3n) is 1.49. The second-order valence-electron chi connectivity index (χ2n) is 2.30. The molecule has 0 bridgehead atoms. The van der Waals surface area contributed by atoms with Gasteiger partial charge in [0.2, 0.25) is 0 Å². The Labute approximate surface area is 89.7 Å². The quantitative estimate of drug-likeness (QED) is 0.807. The van der Waals surface area contributed by atoms with Gasteiger partial charge in [0.15, 0.2) is 5.58 Å². The van der Waals surface area contributed by atoms with E-state index in [9.17, 15) is 9.90 Å². The molecule has 6 heteroatoms. The molecule has 1 heterocycles. The molecule has 1 N–H and O–H groups in total. The van der Waals surface area contributed by atoms with Gasteiger partial charge in [0.25, 0.3) is 0 Å². The zero-order chi connectivity index (χ0) is 9.59. The van der Waals surface area contributed by atoms with Gasteiger partial charge in [0, 0.05) is 6.07 Å². The molecule has 3 nitrogen and oxygen atoms in total. The van der Waals surface area contributed by atoms with E-state index in [-0.39, 0.29) is 10.8 Å². The van der Waals surface area contributed by atoms with Crippen LogP contribution in [-0.2, 0) is 0 Å². The van der Waals surface area contributed by atoms with Crippen LogP contribution < -0.4 is 4.94 Å². The first-order valence-electron chi connectivity index (χ1n) is 3.20. The number of hydrogen-bond acceptors (Lipinski definition) is 4. The van der Waals surface area contributed by atoms with E-state index in [4.69, 9.17) is 16.0 Å². The van der Waals surface area contributed by atoms with Crippen LogP contribution in [0.25, 0.3) is 10.3 Å². The zero-order valence-electron chi connectivity index (χ0n) is 6.01. The number of phenols is 1. The Bertz CT molecular complexity index is 530. The third-order valence-corrected chi connectivity index (χ3v) is 3.68. The second-order valence-corrected chi connectivity index (χ2v) is 4.45. The maximum Gasteiger partial charge on any atom is 0.396 e. The van der Waals surface area contributed by atoms with E-state index in [1.807, 2.05) is 0 Å². The zero-order valence-corrected chi connectivity index (χ0v) is 9.16. The molecule has 68 valence electrons. The van der Waals surface area contributed by atoms with Crippen molar-refractivity contribution in [2.24, 2.45) is 0 Å². The lowest BCUT2D eigenvalue weighted by Gasteiger charge is -1.98.